The maximum Gasteiger partial charge on any atom is 0.253 e. The Morgan fingerprint density at radius 1 is 1.04 bits per heavy atom. The van der Waals surface area contributed by atoms with Gasteiger partial charge in [0.1, 0.15) is 6.42 Å². The van der Waals surface area contributed by atoms with E-state index >= 15 is 0 Å². The molecule has 1 fully saturated rings. The molecule has 1 aliphatic heterocycles. The maximum absolute atomic E-state index is 12.9. The number of amides is 2. The van der Waals surface area contributed by atoms with Gasteiger partial charge in [-0.15, -0.1) is 0 Å². The van der Waals surface area contributed by atoms with Gasteiger partial charge in [0, 0.05) is 31.7 Å². The van der Waals surface area contributed by atoms with Crippen LogP contribution in [-0.2, 0) is 4.79 Å². The largest absolute Gasteiger partial charge is 0.340 e. The van der Waals surface area contributed by atoms with E-state index in [-0.39, 0.29) is 18.2 Å². The van der Waals surface area contributed by atoms with Gasteiger partial charge in [0.25, 0.3) is 5.91 Å². The molecule has 2 heterocycles. The number of hydrogen-bond donors (Lipinski definition) is 0. The SMILES string of the molecule is Cc1nc2ccc(C(=O)N3CCCN(C(=O)CC#N)CC3)cc2nc1C. The standard InChI is InChI=1S/C19H21N5O2/c1-13-14(2)22-17-12-15(4-5-16(17)21-13)19(26)24-9-3-8-23(10-11-24)18(25)6-7-20/h4-5,12H,3,6,8-11H2,1-2H3. The molecule has 0 spiro atoms. The summed E-state index contributed by atoms with van der Waals surface area (Å²) in [4.78, 5) is 37.2. The summed E-state index contributed by atoms with van der Waals surface area (Å²) in [5, 5.41) is 8.68. The average molecular weight is 351 g/mol. The lowest BCUT2D eigenvalue weighted by Gasteiger charge is -2.22. The first kappa shape index (κ1) is 17.8. The molecule has 0 radical (unpaired) electrons. The molecule has 7 heteroatoms. The lowest BCUT2D eigenvalue weighted by atomic mass is 10.1. The molecule has 0 atom stereocenters. The molecule has 1 saturated heterocycles. The molecule has 0 saturated carbocycles. The van der Waals surface area contributed by atoms with Gasteiger partial charge in [-0.05, 0) is 38.5 Å². The van der Waals surface area contributed by atoms with E-state index in [9.17, 15) is 9.59 Å². The minimum atomic E-state index is -0.173. The second kappa shape index (κ2) is 7.48. The second-order valence-corrected chi connectivity index (χ2v) is 6.46. The van der Waals surface area contributed by atoms with Crippen LogP contribution in [0.25, 0.3) is 11.0 Å². The Kier molecular flexibility index (Phi) is 5.12. The average Bonchev–Trinajstić information content (AvgIpc) is 2.88. The molecule has 3 rings (SSSR count). The van der Waals surface area contributed by atoms with Crippen molar-refractivity contribution in [2.24, 2.45) is 0 Å². The van der Waals surface area contributed by atoms with Crippen LogP contribution in [0, 0.1) is 25.2 Å². The lowest BCUT2D eigenvalue weighted by molar-refractivity contribution is -0.130. The zero-order valence-electron chi connectivity index (χ0n) is 15.0. The maximum atomic E-state index is 12.9. The number of nitriles is 1. The number of hydrogen-bond acceptors (Lipinski definition) is 5. The Hall–Kier alpha value is -3.01. The molecule has 0 aliphatic carbocycles. The number of fused-ring (bicyclic) bond motifs is 1. The van der Waals surface area contributed by atoms with E-state index in [2.05, 4.69) is 9.97 Å². The zero-order chi connectivity index (χ0) is 18.7. The number of carbonyl (C=O) groups excluding carboxylic acids is 2. The first-order chi connectivity index (χ1) is 12.5. The van der Waals surface area contributed by atoms with Gasteiger partial charge in [-0.25, -0.2) is 9.97 Å². The van der Waals surface area contributed by atoms with Crippen LogP contribution in [0.4, 0.5) is 0 Å². The summed E-state index contributed by atoms with van der Waals surface area (Å²) < 4.78 is 0. The van der Waals surface area contributed by atoms with Crippen LogP contribution in [0.15, 0.2) is 18.2 Å². The van der Waals surface area contributed by atoms with Crippen LogP contribution in [0.5, 0.6) is 0 Å². The molecule has 7 nitrogen and oxygen atoms in total. The fourth-order valence-electron chi connectivity index (χ4n) is 3.10. The molecule has 1 aromatic heterocycles. The highest BCUT2D eigenvalue weighted by atomic mass is 16.2. The highest BCUT2D eigenvalue weighted by molar-refractivity contribution is 5.97. The molecule has 2 amide bonds. The third-order valence-electron chi connectivity index (χ3n) is 4.69. The number of aromatic nitrogens is 2. The van der Waals surface area contributed by atoms with E-state index in [1.54, 1.807) is 21.9 Å². The zero-order valence-corrected chi connectivity index (χ0v) is 15.0. The Labute approximate surface area is 152 Å². The number of nitrogens with zero attached hydrogens (tertiary/aromatic N) is 5. The van der Waals surface area contributed by atoms with E-state index < -0.39 is 0 Å². The predicted octanol–water partition coefficient (Wildman–Crippen LogP) is 1.83. The minimum Gasteiger partial charge on any atom is -0.340 e. The van der Waals surface area contributed by atoms with Crippen molar-refractivity contribution in [3.63, 3.8) is 0 Å². The summed E-state index contributed by atoms with van der Waals surface area (Å²) in [7, 11) is 0. The van der Waals surface area contributed by atoms with E-state index in [1.165, 1.54) is 0 Å². The first-order valence-electron chi connectivity index (χ1n) is 8.68. The fraction of sp³-hybridized carbons (Fsp3) is 0.421. The molecule has 1 aromatic carbocycles. The van der Waals surface area contributed by atoms with Crippen molar-refractivity contribution in [3.8, 4) is 6.07 Å². The summed E-state index contributed by atoms with van der Waals surface area (Å²) >= 11 is 0. The third-order valence-corrected chi connectivity index (χ3v) is 4.69. The Morgan fingerprint density at radius 2 is 1.69 bits per heavy atom. The first-order valence-corrected chi connectivity index (χ1v) is 8.68. The van der Waals surface area contributed by atoms with Crippen LogP contribution < -0.4 is 0 Å². The topological polar surface area (TPSA) is 90.2 Å². The van der Waals surface area contributed by atoms with Gasteiger partial charge in [0.15, 0.2) is 0 Å². The highest BCUT2D eigenvalue weighted by Crippen LogP contribution is 2.17. The quantitative estimate of drug-likeness (QED) is 0.823. The van der Waals surface area contributed by atoms with Crippen LogP contribution in [0.3, 0.4) is 0 Å². The summed E-state index contributed by atoms with van der Waals surface area (Å²) in [6.07, 6.45) is 0.588. The highest BCUT2D eigenvalue weighted by Gasteiger charge is 2.23. The van der Waals surface area contributed by atoms with Gasteiger partial charge in [0.05, 0.1) is 28.5 Å². The summed E-state index contributed by atoms with van der Waals surface area (Å²) in [5.74, 6) is -0.241. The van der Waals surface area contributed by atoms with Crippen LogP contribution in [0.1, 0.15) is 34.6 Å². The van der Waals surface area contributed by atoms with Crippen LogP contribution in [-0.4, -0.2) is 57.8 Å². The lowest BCUT2D eigenvalue weighted by Crippen LogP contribution is -2.37. The fourth-order valence-corrected chi connectivity index (χ4v) is 3.10. The van der Waals surface area contributed by atoms with Gasteiger partial charge in [-0.2, -0.15) is 5.26 Å². The van der Waals surface area contributed by atoms with Gasteiger partial charge in [-0.3, -0.25) is 9.59 Å². The summed E-state index contributed by atoms with van der Waals surface area (Å²) in [6.45, 7) is 5.90. The van der Waals surface area contributed by atoms with Crippen molar-refractivity contribution in [2.45, 2.75) is 26.7 Å². The molecular weight excluding hydrogens is 330 g/mol. The Morgan fingerprint density at radius 3 is 2.42 bits per heavy atom. The molecule has 0 bridgehead atoms. The Bertz CT molecular complexity index is 903. The summed E-state index contributed by atoms with van der Waals surface area (Å²) in [5.41, 5.74) is 3.79. The number of aryl methyl sites for hydroxylation is 2. The van der Waals surface area contributed by atoms with Gasteiger partial charge in [0.2, 0.25) is 5.91 Å². The normalized spacial score (nSPS) is 14.8. The van der Waals surface area contributed by atoms with Crippen molar-refractivity contribution in [1.29, 1.82) is 5.26 Å². The van der Waals surface area contributed by atoms with E-state index in [0.717, 1.165) is 16.9 Å². The summed E-state index contributed by atoms with van der Waals surface area (Å²) in [6, 6.07) is 7.26. The van der Waals surface area contributed by atoms with Crippen molar-refractivity contribution < 1.29 is 9.59 Å². The van der Waals surface area contributed by atoms with Crippen LogP contribution >= 0.6 is 0 Å². The van der Waals surface area contributed by atoms with Gasteiger partial charge >= 0.3 is 0 Å². The van der Waals surface area contributed by atoms with E-state index in [4.69, 9.17) is 5.26 Å². The smallest absolute Gasteiger partial charge is 0.253 e. The molecule has 1 aliphatic rings. The molecule has 0 N–H and O–H groups in total. The Balaban J connectivity index is 1.77. The number of carbonyl (C=O) groups is 2. The van der Waals surface area contributed by atoms with Gasteiger partial charge in [-0.1, -0.05) is 0 Å². The molecule has 26 heavy (non-hydrogen) atoms. The second-order valence-electron chi connectivity index (χ2n) is 6.46. The monoisotopic (exact) mass is 351 g/mol. The van der Waals surface area contributed by atoms with Gasteiger partial charge < -0.3 is 9.80 Å². The van der Waals surface area contributed by atoms with E-state index in [1.807, 2.05) is 26.0 Å². The molecule has 134 valence electrons. The van der Waals surface area contributed by atoms with Crippen LogP contribution in [0.2, 0.25) is 0 Å². The molecule has 0 unspecified atom stereocenters. The predicted molar refractivity (Wildman–Crippen MR) is 96.3 cm³/mol. The van der Waals surface area contributed by atoms with Crippen molar-refractivity contribution in [1.82, 2.24) is 19.8 Å². The van der Waals surface area contributed by atoms with Crippen molar-refractivity contribution in [2.75, 3.05) is 26.2 Å². The number of rotatable bonds is 2. The van der Waals surface area contributed by atoms with Crippen molar-refractivity contribution in [3.05, 3.63) is 35.2 Å². The number of benzene rings is 1. The van der Waals surface area contributed by atoms with Crippen molar-refractivity contribution >= 4 is 22.8 Å². The third kappa shape index (κ3) is 3.64. The minimum absolute atomic E-state index is 0.0680. The molecule has 2 aromatic rings. The van der Waals surface area contributed by atoms with E-state index in [0.29, 0.717) is 43.7 Å². The molecular formula is C19H21N5O2.